The van der Waals surface area contributed by atoms with E-state index in [1.807, 2.05) is 16.9 Å². The topological polar surface area (TPSA) is 75.9 Å². The lowest BCUT2D eigenvalue weighted by atomic mass is 10.2. The molecular weight excluding hydrogens is 292 g/mol. The first kappa shape index (κ1) is 15.6. The largest absolute Gasteiger partial charge is 0.352 e. The Labute approximate surface area is 135 Å². The highest BCUT2D eigenvalue weighted by Gasteiger charge is 2.24. The first-order valence-corrected chi connectivity index (χ1v) is 8.02. The molecule has 1 saturated heterocycles. The molecular formula is C16H22N6O. The second-order valence-electron chi connectivity index (χ2n) is 5.83. The average molecular weight is 314 g/mol. The third-order valence-electron chi connectivity index (χ3n) is 4.05. The van der Waals surface area contributed by atoms with E-state index in [1.54, 1.807) is 12.5 Å². The summed E-state index contributed by atoms with van der Waals surface area (Å²) in [6.45, 7) is 5.14. The summed E-state index contributed by atoms with van der Waals surface area (Å²) in [5.41, 5.74) is 1.15. The van der Waals surface area contributed by atoms with Gasteiger partial charge in [0, 0.05) is 44.5 Å². The molecule has 0 spiro atoms. The third kappa shape index (κ3) is 4.13. The van der Waals surface area contributed by atoms with Gasteiger partial charge >= 0.3 is 0 Å². The van der Waals surface area contributed by atoms with Crippen LogP contribution in [0, 0.1) is 0 Å². The molecule has 0 saturated carbocycles. The molecule has 2 aromatic rings. The van der Waals surface area contributed by atoms with Gasteiger partial charge < -0.3 is 5.32 Å². The third-order valence-corrected chi connectivity index (χ3v) is 4.05. The number of aryl methyl sites for hydroxylation is 1. The minimum atomic E-state index is 0.146. The van der Waals surface area contributed by atoms with Crippen molar-refractivity contribution in [3.05, 3.63) is 42.2 Å². The fourth-order valence-electron chi connectivity index (χ4n) is 2.94. The van der Waals surface area contributed by atoms with E-state index >= 15 is 0 Å². The van der Waals surface area contributed by atoms with Crippen LogP contribution >= 0.6 is 0 Å². The highest BCUT2D eigenvalue weighted by molar-refractivity contribution is 5.78. The van der Waals surface area contributed by atoms with Gasteiger partial charge in [-0.15, -0.1) is 0 Å². The maximum atomic E-state index is 11.4. The van der Waals surface area contributed by atoms with Crippen LogP contribution in [-0.2, 0) is 24.4 Å². The quantitative estimate of drug-likeness (QED) is 0.824. The summed E-state index contributed by atoms with van der Waals surface area (Å²) in [7, 11) is 0. The molecule has 122 valence electrons. The van der Waals surface area contributed by atoms with Crippen molar-refractivity contribution in [2.45, 2.75) is 45.4 Å². The highest BCUT2D eigenvalue weighted by atomic mass is 16.1. The summed E-state index contributed by atoms with van der Waals surface area (Å²) >= 11 is 0. The van der Waals surface area contributed by atoms with Gasteiger partial charge in [-0.1, -0.05) is 6.07 Å². The van der Waals surface area contributed by atoms with E-state index in [4.69, 9.17) is 0 Å². The Bertz CT molecular complexity index is 641. The van der Waals surface area contributed by atoms with Crippen LogP contribution in [-0.4, -0.2) is 43.1 Å². The Morgan fingerprint density at radius 3 is 3.04 bits per heavy atom. The van der Waals surface area contributed by atoms with Gasteiger partial charge in [-0.3, -0.25) is 14.7 Å². The summed E-state index contributed by atoms with van der Waals surface area (Å²) in [6.07, 6.45) is 6.77. The van der Waals surface area contributed by atoms with Crippen LogP contribution in [0.2, 0.25) is 0 Å². The molecule has 7 heteroatoms. The predicted octanol–water partition coefficient (Wildman–Crippen LogP) is 0.974. The fraction of sp³-hybridized carbons (Fsp3) is 0.500. The van der Waals surface area contributed by atoms with Gasteiger partial charge in [0.15, 0.2) is 0 Å². The molecule has 0 unspecified atom stereocenters. The Morgan fingerprint density at radius 1 is 1.43 bits per heavy atom. The number of nitrogens with zero attached hydrogens (tertiary/aromatic N) is 5. The van der Waals surface area contributed by atoms with Crippen molar-refractivity contribution in [3.8, 4) is 0 Å². The van der Waals surface area contributed by atoms with E-state index in [9.17, 15) is 4.79 Å². The van der Waals surface area contributed by atoms with Gasteiger partial charge in [-0.05, 0) is 25.0 Å². The monoisotopic (exact) mass is 314 g/mol. The van der Waals surface area contributed by atoms with Crippen LogP contribution in [0.25, 0.3) is 0 Å². The predicted molar refractivity (Wildman–Crippen MR) is 85.2 cm³/mol. The number of carbonyl (C=O) groups is 1. The van der Waals surface area contributed by atoms with Crippen molar-refractivity contribution in [2.75, 3.05) is 6.54 Å². The van der Waals surface area contributed by atoms with Gasteiger partial charge in [0.1, 0.15) is 12.2 Å². The van der Waals surface area contributed by atoms with Crippen LogP contribution in [0.1, 0.15) is 31.2 Å². The van der Waals surface area contributed by atoms with E-state index in [0.717, 1.165) is 37.4 Å². The Balaban J connectivity index is 1.71. The van der Waals surface area contributed by atoms with Crippen LogP contribution in [0.15, 0.2) is 30.9 Å². The standard InChI is InChI=1S/C16H22N6O/c1-2-22-15(18-12-19-22)11-21(9-13-4-3-7-17-8-13)10-14-5-6-16(23)20-14/h3-4,7-8,12,14H,2,5-6,9-11H2,1H3,(H,20,23)/t14-/m0/s1. The Hall–Kier alpha value is -2.28. The molecule has 0 aromatic carbocycles. The van der Waals surface area contributed by atoms with Crippen molar-refractivity contribution >= 4 is 5.91 Å². The number of rotatable bonds is 7. The van der Waals surface area contributed by atoms with Crippen molar-refractivity contribution in [3.63, 3.8) is 0 Å². The summed E-state index contributed by atoms with van der Waals surface area (Å²) in [4.78, 5) is 22.3. The molecule has 7 nitrogen and oxygen atoms in total. The van der Waals surface area contributed by atoms with Crippen LogP contribution in [0.3, 0.4) is 0 Å². The van der Waals surface area contributed by atoms with Gasteiger partial charge in [0.05, 0.1) is 6.54 Å². The Kier molecular flexibility index (Phi) is 4.97. The van der Waals surface area contributed by atoms with Crippen LogP contribution in [0.5, 0.6) is 0 Å². The molecule has 3 heterocycles. The van der Waals surface area contributed by atoms with Gasteiger partial charge in [-0.25, -0.2) is 9.67 Å². The molecule has 0 bridgehead atoms. The van der Waals surface area contributed by atoms with E-state index in [1.165, 1.54) is 0 Å². The summed E-state index contributed by atoms with van der Waals surface area (Å²) in [5, 5.41) is 7.27. The lowest BCUT2D eigenvalue weighted by molar-refractivity contribution is -0.119. The Morgan fingerprint density at radius 2 is 2.35 bits per heavy atom. The number of nitrogens with one attached hydrogen (secondary N) is 1. The van der Waals surface area contributed by atoms with Crippen LogP contribution < -0.4 is 5.32 Å². The van der Waals surface area contributed by atoms with Crippen molar-refractivity contribution in [1.29, 1.82) is 0 Å². The van der Waals surface area contributed by atoms with Gasteiger partial charge in [-0.2, -0.15) is 5.10 Å². The van der Waals surface area contributed by atoms with E-state index in [0.29, 0.717) is 13.0 Å². The van der Waals surface area contributed by atoms with E-state index < -0.39 is 0 Å². The molecule has 0 radical (unpaired) electrons. The minimum absolute atomic E-state index is 0.146. The molecule has 1 N–H and O–H groups in total. The smallest absolute Gasteiger partial charge is 0.220 e. The summed E-state index contributed by atoms with van der Waals surface area (Å²) in [6, 6.07) is 4.22. The molecule has 1 fully saturated rings. The first-order chi connectivity index (χ1) is 11.2. The van der Waals surface area contributed by atoms with Crippen molar-refractivity contribution < 1.29 is 4.79 Å². The molecule has 23 heavy (non-hydrogen) atoms. The second kappa shape index (κ2) is 7.32. The minimum Gasteiger partial charge on any atom is -0.352 e. The maximum Gasteiger partial charge on any atom is 0.220 e. The van der Waals surface area contributed by atoms with E-state index in [2.05, 4.69) is 38.3 Å². The number of amides is 1. The zero-order chi connectivity index (χ0) is 16.1. The first-order valence-electron chi connectivity index (χ1n) is 8.02. The van der Waals surface area contributed by atoms with Crippen molar-refractivity contribution in [2.24, 2.45) is 0 Å². The van der Waals surface area contributed by atoms with Gasteiger partial charge in [0.25, 0.3) is 0 Å². The van der Waals surface area contributed by atoms with E-state index in [-0.39, 0.29) is 11.9 Å². The lowest BCUT2D eigenvalue weighted by Crippen LogP contribution is -2.38. The summed E-state index contributed by atoms with van der Waals surface area (Å²) in [5.74, 6) is 1.09. The number of aromatic nitrogens is 4. The van der Waals surface area contributed by atoms with Crippen LogP contribution in [0.4, 0.5) is 0 Å². The average Bonchev–Trinajstić information content (AvgIpc) is 3.17. The number of hydrogen-bond acceptors (Lipinski definition) is 5. The number of carbonyl (C=O) groups excluding carboxylic acids is 1. The molecule has 0 aliphatic carbocycles. The summed E-state index contributed by atoms with van der Waals surface area (Å²) < 4.78 is 1.91. The molecule has 3 rings (SSSR count). The maximum absolute atomic E-state index is 11.4. The number of pyridine rings is 1. The normalized spacial score (nSPS) is 17.7. The molecule has 1 amide bonds. The zero-order valence-corrected chi connectivity index (χ0v) is 13.4. The highest BCUT2D eigenvalue weighted by Crippen LogP contribution is 2.13. The molecule has 1 aliphatic rings. The van der Waals surface area contributed by atoms with Crippen molar-refractivity contribution in [1.82, 2.24) is 30.0 Å². The fourth-order valence-corrected chi connectivity index (χ4v) is 2.94. The second-order valence-corrected chi connectivity index (χ2v) is 5.83. The SMILES string of the molecule is CCn1ncnc1CN(Cc1cccnc1)C[C@@H]1CCC(=O)N1. The molecule has 1 atom stereocenters. The number of hydrogen-bond donors (Lipinski definition) is 1. The van der Waals surface area contributed by atoms with Gasteiger partial charge in [0.2, 0.25) is 5.91 Å². The zero-order valence-electron chi connectivity index (χ0n) is 13.4. The lowest BCUT2D eigenvalue weighted by Gasteiger charge is -2.25. The molecule has 2 aromatic heterocycles. The molecule has 1 aliphatic heterocycles.